The summed E-state index contributed by atoms with van der Waals surface area (Å²) in [6.45, 7) is 1.98. The van der Waals surface area contributed by atoms with Gasteiger partial charge in [0.05, 0.1) is 0 Å². The second-order valence-electron chi connectivity index (χ2n) is 5.03. The van der Waals surface area contributed by atoms with Crippen molar-refractivity contribution in [2.24, 2.45) is 5.92 Å². The van der Waals surface area contributed by atoms with E-state index >= 15 is 0 Å². The number of hydrogen-bond acceptors (Lipinski definition) is 2. The van der Waals surface area contributed by atoms with E-state index in [9.17, 15) is 4.79 Å². The van der Waals surface area contributed by atoms with Crippen molar-refractivity contribution in [2.75, 3.05) is 5.32 Å². The first kappa shape index (κ1) is 11.9. The second-order valence-corrected chi connectivity index (χ2v) is 5.03. The first-order chi connectivity index (χ1) is 9.22. The zero-order valence-corrected chi connectivity index (χ0v) is 10.9. The number of carbonyl (C=O) groups excluding carboxylic acids is 1. The van der Waals surface area contributed by atoms with Gasteiger partial charge in [0.1, 0.15) is 0 Å². The highest BCUT2D eigenvalue weighted by atomic mass is 16.2. The quantitative estimate of drug-likeness (QED) is 0.909. The molecule has 1 heterocycles. The van der Waals surface area contributed by atoms with E-state index in [2.05, 4.69) is 16.4 Å². The van der Waals surface area contributed by atoms with Crippen LogP contribution in [0, 0.1) is 12.8 Å². The number of carbonyl (C=O) groups is 1. The number of nitrogens with one attached hydrogen (secondary N) is 1. The van der Waals surface area contributed by atoms with E-state index in [4.69, 9.17) is 0 Å². The molecule has 1 fully saturated rings. The summed E-state index contributed by atoms with van der Waals surface area (Å²) in [5.74, 6) is 0.384. The Morgan fingerprint density at radius 3 is 2.53 bits per heavy atom. The summed E-state index contributed by atoms with van der Waals surface area (Å²) < 4.78 is 0. The Kier molecular flexibility index (Phi) is 3.03. The fraction of sp³-hybridized carbons (Fsp3) is 0.250. The van der Waals surface area contributed by atoms with E-state index in [1.54, 1.807) is 0 Å². The maximum absolute atomic E-state index is 11.7. The maximum atomic E-state index is 11.7. The van der Waals surface area contributed by atoms with Crippen LogP contribution in [-0.2, 0) is 4.79 Å². The lowest BCUT2D eigenvalue weighted by Crippen LogP contribution is -2.12. The average Bonchev–Trinajstić information content (AvgIpc) is 3.24. The molecule has 0 saturated heterocycles. The lowest BCUT2D eigenvalue weighted by Gasteiger charge is -2.06. The molecule has 0 aliphatic heterocycles. The molecular formula is C16H16N2O. The fourth-order valence-electron chi connectivity index (χ4n) is 2.06. The monoisotopic (exact) mass is 252 g/mol. The molecule has 0 unspecified atom stereocenters. The molecule has 1 saturated carbocycles. The molecule has 1 aromatic carbocycles. The predicted octanol–water partition coefficient (Wildman–Crippen LogP) is 3.41. The van der Waals surface area contributed by atoms with Gasteiger partial charge in [-0.2, -0.15) is 0 Å². The van der Waals surface area contributed by atoms with Crippen molar-refractivity contribution in [3.05, 3.63) is 48.3 Å². The van der Waals surface area contributed by atoms with Crippen LogP contribution in [0.15, 0.2) is 42.6 Å². The fourth-order valence-corrected chi connectivity index (χ4v) is 2.06. The van der Waals surface area contributed by atoms with E-state index < -0.39 is 0 Å². The minimum absolute atomic E-state index is 0.146. The lowest BCUT2D eigenvalue weighted by atomic mass is 10.1. The van der Waals surface area contributed by atoms with Gasteiger partial charge in [0.15, 0.2) is 0 Å². The van der Waals surface area contributed by atoms with Gasteiger partial charge in [-0.05, 0) is 55.2 Å². The molecule has 3 heteroatoms. The zero-order valence-electron chi connectivity index (χ0n) is 10.9. The molecule has 0 spiro atoms. The van der Waals surface area contributed by atoms with Gasteiger partial charge in [0.25, 0.3) is 0 Å². The van der Waals surface area contributed by atoms with E-state index in [0.717, 1.165) is 35.3 Å². The molecule has 1 N–H and O–H groups in total. The molecule has 1 aliphatic rings. The summed E-state index contributed by atoms with van der Waals surface area (Å²) in [6.07, 6.45) is 3.87. The van der Waals surface area contributed by atoms with Gasteiger partial charge in [0, 0.05) is 23.5 Å². The Balaban J connectivity index is 1.76. The number of anilines is 1. The summed E-state index contributed by atoms with van der Waals surface area (Å²) in [4.78, 5) is 15.8. The molecule has 0 bridgehead atoms. The van der Waals surface area contributed by atoms with E-state index in [-0.39, 0.29) is 11.8 Å². The third kappa shape index (κ3) is 2.81. The van der Waals surface area contributed by atoms with Crippen molar-refractivity contribution in [1.29, 1.82) is 0 Å². The summed E-state index contributed by atoms with van der Waals surface area (Å²) in [5.41, 5.74) is 4.15. The van der Waals surface area contributed by atoms with E-state index in [1.165, 1.54) is 0 Å². The Morgan fingerprint density at radius 2 is 1.89 bits per heavy atom. The highest BCUT2D eigenvalue weighted by Gasteiger charge is 2.29. The molecule has 96 valence electrons. The van der Waals surface area contributed by atoms with Crippen LogP contribution in [0.3, 0.4) is 0 Å². The van der Waals surface area contributed by atoms with Crippen LogP contribution in [0.2, 0.25) is 0 Å². The Hall–Kier alpha value is -2.16. The molecule has 3 nitrogen and oxygen atoms in total. The smallest absolute Gasteiger partial charge is 0.227 e. The first-order valence-corrected chi connectivity index (χ1v) is 6.56. The van der Waals surface area contributed by atoms with Crippen LogP contribution in [0.4, 0.5) is 5.69 Å². The minimum Gasteiger partial charge on any atom is -0.326 e. The standard InChI is InChI=1S/C16H16N2O/c1-11-10-14(8-9-17-11)12-4-6-15(7-5-12)18-16(19)13-2-3-13/h4-10,13H,2-3H2,1H3,(H,18,19). The second kappa shape index (κ2) is 4.84. The van der Waals surface area contributed by atoms with Crippen LogP contribution < -0.4 is 5.32 Å². The number of aryl methyl sites for hydroxylation is 1. The highest BCUT2D eigenvalue weighted by Crippen LogP contribution is 2.30. The van der Waals surface area contributed by atoms with Crippen LogP contribution in [0.25, 0.3) is 11.1 Å². The summed E-state index contributed by atoms with van der Waals surface area (Å²) in [5, 5.41) is 2.94. The Bertz CT molecular complexity index is 600. The molecule has 0 atom stereocenters. The molecular weight excluding hydrogens is 236 g/mol. The number of amides is 1. The van der Waals surface area contributed by atoms with Gasteiger partial charge in [-0.15, -0.1) is 0 Å². The number of nitrogens with zero attached hydrogens (tertiary/aromatic N) is 1. The number of pyridine rings is 1. The molecule has 0 radical (unpaired) electrons. The van der Waals surface area contributed by atoms with Crippen molar-refractivity contribution in [2.45, 2.75) is 19.8 Å². The van der Waals surface area contributed by atoms with Gasteiger partial charge in [-0.25, -0.2) is 0 Å². The predicted molar refractivity (Wildman–Crippen MR) is 75.8 cm³/mol. The summed E-state index contributed by atoms with van der Waals surface area (Å²) >= 11 is 0. The summed E-state index contributed by atoms with van der Waals surface area (Å²) in [6, 6.07) is 12.0. The molecule has 2 aromatic rings. The summed E-state index contributed by atoms with van der Waals surface area (Å²) in [7, 11) is 0. The van der Waals surface area contributed by atoms with Crippen molar-refractivity contribution < 1.29 is 4.79 Å². The minimum atomic E-state index is 0.146. The normalized spacial score (nSPS) is 14.2. The van der Waals surface area contributed by atoms with Crippen molar-refractivity contribution in [3.63, 3.8) is 0 Å². The van der Waals surface area contributed by atoms with Crippen LogP contribution in [0.5, 0.6) is 0 Å². The zero-order chi connectivity index (χ0) is 13.2. The van der Waals surface area contributed by atoms with Crippen molar-refractivity contribution in [3.8, 4) is 11.1 Å². The Labute approximate surface area is 112 Å². The van der Waals surface area contributed by atoms with Crippen molar-refractivity contribution in [1.82, 2.24) is 4.98 Å². The number of rotatable bonds is 3. The topological polar surface area (TPSA) is 42.0 Å². The van der Waals surface area contributed by atoms with Gasteiger partial charge in [-0.3, -0.25) is 9.78 Å². The molecule has 1 amide bonds. The lowest BCUT2D eigenvalue weighted by molar-refractivity contribution is -0.117. The SMILES string of the molecule is Cc1cc(-c2ccc(NC(=O)C3CC3)cc2)ccn1. The van der Waals surface area contributed by atoms with Gasteiger partial charge in [-0.1, -0.05) is 12.1 Å². The average molecular weight is 252 g/mol. The molecule has 19 heavy (non-hydrogen) atoms. The Morgan fingerprint density at radius 1 is 1.16 bits per heavy atom. The van der Waals surface area contributed by atoms with Crippen molar-refractivity contribution >= 4 is 11.6 Å². The van der Waals surface area contributed by atoms with Crippen LogP contribution in [0.1, 0.15) is 18.5 Å². The number of aromatic nitrogens is 1. The maximum Gasteiger partial charge on any atom is 0.227 e. The largest absolute Gasteiger partial charge is 0.326 e. The highest BCUT2D eigenvalue weighted by molar-refractivity contribution is 5.94. The van der Waals surface area contributed by atoms with Gasteiger partial charge < -0.3 is 5.32 Å². The van der Waals surface area contributed by atoms with Crippen LogP contribution >= 0.6 is 0 Å². The molecule has 1 aliphatic carbocycles. The van der Waals surface area contributed by atoms with Crippen LogP contribution in [-0.4, -0.2) is 10.9 Å². The first-order valence-electron chi connectivity index (χ1n) is 6.56. The third-order valence-corrected chi connectivity index (χ3v) is 3.33. The van der Waals surface area contributed by atoms with E-state index in [0.29, 0.717) is 0 Å². The number of hydrogen-bond donors (Lipinski definition) is 1. The molecule has 3 rings (SSSR count). The van der Waals surface area contributed by atoms with Gasteiger partial charge in [0.2, 0.25) is 5.91 Å². The third-order valence-electron chi connectivity index (χ3n) is 3.33. The van der Waals surface area contributed by atoms with Gasteiger partial charge >= 0.3 is 0 Å². The van der Waals surface area contributed by atoms with E-state index in [1.807, 2.05) is 43.5 Å². The molecule has 1 aromatic heterocycles. The number of benzene rings is 1.